The van der Waals surface area contributed by atoms with Crippen molar-refractivity contribution in [3.8, 4) is 5.69 Å². The van der Waals surface area contributed by atoms with Gasteiger partial charge in [-0.05, 0) is 50.1 Å². The molecule has 37 heavy (non-hydrogen) atoms. The van der Waals surface area contributed by atoms with Gasteiger partial charge < -0.3 is 4.90 Å². The number of anilines is 2. The summed E-state index contributed by atoms with van der Waals surface area (Å²) < 4.78 is 17.8. The van der Waals surface area contributed by atoms with Crippen LogP contribution >= 0.6 is 27.7 Å². The average Bonchev–Trinajstić information content (AvgIpc) is 3.43. The zero-order valence-electron chi connectivity index (χ0n) is 20.7. The number of unbranched alkanes of at least 4 members (excludes halogenated alkanes) is 3. The van der Waals surface area contributed by atoms with Gasteiger partial charge in [0.15, 0.2) is 0 Å². The Morgan fingerprint density at radius 2 is 1.76 bits per heavy atom. The molecule has 7 nitrogen and oxygen atoms in total. The Labute approximate surface area is 227 Å². The van der Waals surface area contributed by atoms with Gasteiger partial charge in [-0.1, -0.05) is 47.0 Å². The molecule has 1 aromatic heterocycles. The van der Waals surface area contributed by atoms with Crippen molar-refractivity contribution in [1.82, 2.24) is 9.36 Å². The first-order chi connectivity index (χ1) is 17.8. The number of aromatic nitrogens is 2. The van der Waals surface area contributed by atoms with Crippen LogP contribution in [0.4, 0.5) is 15.8 Å². The molecule has 1 spiro atoms. The zero-order chi connectivity index (χ0) is 26.3. The SMILES string of the molecule is Cc1c(N2C(=O)CSC23C(=O)N(CCCCCCBr)c2ccc(F)cc23)c(=O)n(-c2ccccc2)n1C. The van der Waals surface area contributed by atoms with Crippen molar-refractivity contribution >= 4 is 50.9 Å². The summed E-state index contributed by atoms with van der Waals surface area (Å²) in [5, 5.41) is 0.936. The molecule has 0 aliphatic carbocycles. The van der Waals surface area contributed by atoms with E-state index in [1.54, 1.807) is 29.6 Å². The van der Waals surface area contributed by atoms with Crippen molar-refractivity contribution in [2.75, 3.05) is 27.4 Å². The van der Waals surface area contributed by atoms with Crippen molar-refractivity contribution in [3.05, 3.63) is 76.0 Å². The molecular formula is C27H28BrFN4O3S. The summed E-state index contributed by atoms with van der Waals surface area (Å²) in [5.74, 6) is -1.13. The van der Waals surface area contributed by atoms with Gasteiger partial charge >= 0.3 is 0 Å². The van der Waals surface area contributed by atoms with E-state index in [4.69, 9.17) is 0 Å². The highest BCUT2D eigenvalue weighted by Crippen LogP contribution is 2.55. The Bertz CT molecular complexity index is 1420. The van der Waals surface area contributed by atoms with Crippen LogP contribution in [0.15, 0.2) is 53.3 Å². The monoisotopic (exact) mass is 586 g/mol. The first kappa shape index (κ1) is 25.8. The highest BCUT2D eigenvalue weighted by Gasteiger charge is 2.62. The van der Waals surface area contributed by atoms with Gasteiger partial charge in [-0.3, -0.25) is 24.0 Å². The highest BCUT2D eigenvalue weighted by molar-refractivity contribution is 9.09. The fourth-order valence-electron chi connectivity index (χ4n) is 5.28. The molecule has 194 valence electrons. The Kier molecular flexibility index (Phi) is 7.06. The number of thioether (sulfide) groups is 1. The second kappa shape index (κ2) is 10.1. The lowest BCUT2D eigenvalue weighted by Crippen LogP contribution is -2.51. The molecule has 0 N–H and O–H groups in total. The van der Waals surface area contributed by atoms with E-state index in [9.17, 15) is 18.8 Å². The number of rotatable bonds is 8. The molecule has 1 unspecified atom stereocenters. The molecule has 2 amide bonds. The van der Waals surface area contributed by atoms with Gasteiger partial charge in [0.1, 0.15) is 11.5 Å². The van der Waals surface area contributed by atoms with E-state index < -0.39 is 16.2 Å². The fourth-order valence-corrected chi connectivity index (χ4v) is 7.02. The van der Waals surface area contributed by atoms with E-state index in [2.05, 4.69) is 15.9 Å². The number of nitrogens with zero attached hydrogens (tertiary/aromatic N) is 4. The molecule has 3 aromatic rings. The standard InChI is InChI=1S/C27H28BrFN4O3S/c1-18-24(25(35)33(30(18)2)20-10-6-5-7-11-20)32-23(34)17-37-27(32)21-16-19(29)12-13-22(21)31(26(27)36)15-9-4-3-8-14-28/h5-7,10-13,16H,3-4,8-9,14-15,17H2,1-2H3. The van der Waals surface area contributed by atoms with Crippen LogP contribution in [0.2, 0.25) is 0 Å². The molecule has 10 heteroatoms. The van der Waals surface area contributed by atoms with Crippen molar-refractivity contribution in [2.45, 2.75) is 37.5 Å². The number of fused-ring (bicyclic) bond motifs is 2. The van der Waals surface area contributed by atoms with Gasteiger partial charge in [0, 0.05) is 24.5 Å². The highest BCUT2D eigenvalue weighted by atomic mass is 79.9. The third-order valence-electron chi connectivity index (χ3n) is 7.13. The van der Waals surface area contributed by atoms with Gasteiger partial charge in [0.25, 0.3) is 11.5 Å². The topological polar surface area (TPSA) is 67.6 Å². The maximum absolute atomic E-state index is 14.6. The molecule has 1 saturated heterocycles. The third kappa shape index (κ3) is 4.05. The molecule has 0 bridgehead atoms. The molecule has 0 saturated carbocycles. The van der Waals surface area contributed by atoms with Crippen LogP contribution in [-0.4, -0.2) is 38.8 Å². The van der Waals surface area contributed by atoms with Crippen LogP contribution in [0.1, 0.15) is 36.9 Å². The largest absolute Gasteiger partial charge is 0.309 e. The average molecular weight is 588 g/mol. The smallest absolute Gasteiger partial charge is 0.295 e. The molecular weight excluding hydrogens is 559 g/mol. The van der Waals surface area contributed by atoms with Crippen LogP contribution in [-0.2, 0) is 21.5 Å². The van der Waals surface area contributed by atoms with Gasteiger partial charge in [-0.2, -0.15) is 0 Å². The quantitative estimate of drug-likeness (QED) is 0.279. The number of halogens is 2. The zero-order valence-corrected chi connectivity index (χ0v) is 23.1. The van der Waals surface area contributed by atoms with Crippen LogP contribution in [0, 0.1) is 12.7 Å². The summed E-state index contributed by atoms with van der Waals surface area (Å²) in [5.41, 5.74) is 1.94. The first-order valence-electron chi connectivity index (χ1n) is 12.3. The third-order valence-corrected chi connectivity index (χ3v) is 9.08. The summed E-state index contributed by atoms with van der Waals surface area (Å²) in [6.45, 7) is 2.22. The summed E-state index contributed by atoms with van der Waals surface area (Å²) in [6.07, 6.45) is 3.83. The van der Waals surface area contributed by atoms with E-state index >= 15 is 0 Å². The lowest BCUT2D eigenvalue weighted by atomic mass is 10.0. The van der Waals surface area contributed by atoms with E-state index in [0.29, 0.717) is 29.2 Å². The van der Waals surface area contributed by atoms with Gasteiger partial charge in [-0.25, -0.2) is 9.07 Å². The van der Waals surface area contributed by atoms with Crippen molar-refractivity contribution in [1.29, 1.82) is 0 Å². The minimum Gasteiger partial charge on any atom is -0.309 e. The predicted molar refractivity (Wildman–Crippen MR) is 148 cm³/mol. The van der Waals surface area contributed by atoms with Crippen LogP contribution < -0.4 is 15.4 Å². The summed E-state index contributed by atoms with van der Waals surface area (Å²) in [6, 6.07) is 13.4. The molecule has 1 atom stereocenters. The Morgan fingerprint density at radius 3 is 2.49 bits per heavy atom. The van der Waals surface area contributed by atoms with E-state index in [1.165, 1.54) is 21.7 Å². The summed E-state index contributed by atoms with van der Waals surface area (Å²) in [4.78, 5) is 43.0. The Hall–Kier alpha value is -2.85. The molecule has 3 heterocycles. The number of alkyl halides is 1. The molecule has 2 aliphatic heterocycles. The molecule has 1 fully saturated rings. The normalized spacial score (nSPS) is 18.9. The summed E-state index contributed by atoms with van der Waals surface area (Å²) >= 11 is 4.60. The molecule has 0 radical (unpaired) electrons. The second-order valence-corrected chi connectivity index (χ2v) is 11.3. The van der Waals surface area contributed by atoms with E-state index in [0.717, 1.165) is 42.8 Å². The second-order valence-electron chi connectivity index (χ2n) is 9.29. The minimum atomic E-state index is -1.52. The van der Waals surface area contributed by atoms with Gasteiger partial charge in [-0.15, -0.1) is 11.8 Å². The number of carbonyl (C=O) groups is 2. The van der Waals surface area contributed by atoms with E-state index in [1.807, 2.05) is 30.3 Å². The van der Waals surface area contributed by atoms with Crippen LogP contribution in [0.3, 0.4) is 0 Å². The number of benzene rings is 2. The predicted octanol–water partition coefficient (Wildman–Crippen LogP) is 4.86. The molecule has 5 rings (SSSR count). The number of para-hydroxylation sites is 1. The lowest BCUT2D eigenvalue weighted by molar-refractivity contribution is -0.123. The van der Waals surface area contributed by atoms with Crippen LogP contribution in [0.25, 0.3) is 5.69 Å². The number of hydrogen-bond acceptors (Lipinski definition) is 4. The molecule has 2 aromatic carbocycles. The molecule has 2 aliphatic rings. The lowest BCUT2D eigenvalue weighted by Gasteiger charge is -2.32. The van der Waals surface area contributed by atoms with Crippen molar-refractivity contribution < 1.29 is 14.0 Å². The summed E-state index contributed by atoms with van der Waals surface area (Å²) in [7, 11) is 1.75. The van der Waals surface area contributed by atoms with Gasteiger partial charge in [0.05, 0.1) is 22.8 Å². The fraction of sp³-hybridized carbons (Fsp3) is 0.370. The Balaban J connectivity index is 1.63. The van der Waals surface area contributed by atoms with Gasteiger partial charge in [0.2, 0.25) is 10.8 Å². The van der Waals surface area contributed by atoms with Crippen LogP contribution in [0.5, 0.6) is 0 Å². The maximum atomic E-state index is 14.6. The number of carbonyl (C=O) groups excluding carboxylic acids is 2. The number of hydrogen-bond donors (Lipinski definition) is 0. The number of amides is 2. The Morgan fingerprint density at radius 1 is 1.03 bits per heavy atom. The van der Waals surface area contributed by atoms with Crippen molar-refractivity contribution in [2.24, 2.45) is 7.05 Å². The first-order valence-corrected chi connectivity index (χ1v) is 14.4. The van der Waals surface area contributed by atoms with Crippen molar-refractivity contribution in [3.63, 3.8) is 0 Å². The minimum absolute atomic E-state index is 0.0138. The maximum Gasteiger partial charge on any atom is 0.295 e. The van der Waals surface area contributed by atoms with E-state index in [-0.39, 0.29) is 23.3 Å².